The number of benzene rings is 1. The van der Waals surface area contributed by atoms with E-state index in [1.807, 2.05) is 17.5 Å². The van der Waals surface area contributed by atoms with Gasteiger partial charge in [-0.2, -0.15) is 15.1 Å². The normalized spacial score (nSPS) is 17.4. The quantitative estimate of drug-likeness (QED) is 0.583. The fourth-order valence-electron chi connectivity index (χ4n) is 3.01. The van der Waals surface area contributed by atoms with Crippen molar-refractivity contribution in [1.29, 1.82) is 5.41 Å². The van der Waals surface area contributed by atoms with Gasteiger partial charge in [0.25, 0.3) is 5.91 Å². The van der Waals surface area contributed by atoms with Crippen LogP contribution in [-0.4, -0.2) is 27.0 Å². The summed E-state index contributed by atoms with van der Waals surface area (Å²) in [4.78, 5) is 17.8. The Balaban J connectivity index is 1.40. The maximum atomic E-state index is 13.1. The van der Waals surface area contributed by atoms with E-state index in [-0.39, 0.29) is 17.2 Å². The summed E-state index contributed by atoms with van der Waals surface area (Å²) >= 11 is 2.93. The summed E-state index contributed by atoms with van der Waals surface area (Å²) in [6, 6.07) is 13.3. The Kier molecular flexibility index (Phi) is 4.68. The van der Waals surface area contributed by atoms with Crippen LogP contribution in [0.3, 0.4) is 0 Å². The molecule has 2 aliphatic heterocycles. The largest absolute Gasteiger partial charge is 0.457 e. The number of thioether (sulfide) groups is 1. The van der Waals surface area contributed by atoms with Crippen LogP contribution in [0.25, 0.3) is 17.4 Å². The van der Waals surface area contributed by atoms with Crippen LogP contribution in [0.15, 0.2) is 74.0 Å². The molecule has 1 aromatic carbocycles. The van der Waals surface area contributed by atoms with Gasteiger partial charge >= 0.3 is 0 Å². The Bertz CT molecular complexity index is 1240. The second kappa shape index (κ2) is 7.51. The van der Waals surface area contributed by atoms with Crippen LogP contribution in [-0.2, 0) is 11.2 Å². The molecular weight excluding hydrogens is 423 g/mol. The Labute approximate surface area is 178 Å². The van der Waals surface area contributed by atoms with Gasteiger partial charge in [0, 0.05) is 16.9 Å². The van der Waals surface area contributed by atoms with E-state index in [0.29, 0.717) is 28.7 Å². The monoisotopic (exact) mass is 436 g/mol. The molecule has 6 nitrogen and oxygen atoms in total. The molecule has 30 heavy (non-hydrogen) atoms. The van der Waals surface area contributed by atoms with E-state index in [9.17, 15) is 9.18 Å². The first-order chi connectivity index (χ1) is 14.6. The zero-order valence-corrected chi connectivity index (χ0v) is 17.0. The molecular formula is C21H13FN4O2S2. The number of carbonyl (C=O) groups is 1. The first-order valence-electron chi connectivity index (χ1n) is 8.94. The van der Waals surface area contributed by atoms with Crippen molar-refractivity contribution in [2.75, 3.05) is 0 Å². The molecule has 0 unspecified atom stereocenters. The number of hydrazone groups is 1. The summed E-state index contributed by atoms with van der Waals surface area (Å²) in [7, 11) is 0. The molecule has 0 saturated carbocycles. The first-order valence-corrected chi connectivity index (χ1v) is 10.6. The van der Waals surface area contributed by atoms with E-state index in [1.54, 1.807) is 35.6 Å². The molecule has 0 atom stereocenters. The van der Waals surface area contributed by atoms with Gasteiger partial charge in [0.1, 0.15) is 22.4 Å². The Morgan fingerprint density at radius 2 is 2.00 bits per heavy atom. The molecule has 0 bridgehead atoms. The lowest BCUT2D eigenvalue weighted by atomic mass is 10.1. The molecule has 0 radical (unpaired) electrons. The van der Waals surface area contributed by atoms with E-state index < -0.39 is 5.91 Å². The van der Waals surface area contributed by atoms with Crippen molar-refractivity contribution in [3.8, 4) is 11.3 Å². The van der Waals surface area contributed by atoms with Gasteiger partial charge in [0.05, 0.1) is 5.57 Å². The van der Waals surface area contributed by atoms with E-state index in [2.05, 4.69) is 10.1 Å². The van der Waals surface area contributed by atoms with Crippen LogP contribution in [0.5, 0.6) is 0 Å². The predicted octanol–water partition coefficient (Wildman–Crippen LogP) is 5.01. The zero-order valence-electron chi connectivity index (χ0n) is 15.3. The zero-order chi connectivity index (χ0) is 20.7. The van der Waals surface area contributed by atoms with Gasteiger partial charge < -0.3 is 4.42 Å². The third kappa shape index (κ3) is 3.53. The number of thiophene rings is 1. The molecule has 3 aromatic rings. The minimum atomic E-state index is -0.508. The maximum Gasteiger partial charge on any atom is 0.283 e. The predicted molar refractivity (Wildman–Crippen MR) is 117 cm³/mol. The number of hydrogen-bond acceptors (Lipinski definition) is 6. The second-order valence-corrected chi connectivity index (χ2v) is 8.55. The van der Waals surface area contributed by atoms with Crippen molar-refractivity contribution < 1.29 is 13.6 Å². The topological polar surface area (TPSA) is 82.0 Å². The van der Waals surface area contributed by atoms with Crippen LogP contribution < -0.4 is 0 Å². The molecule has 2 aromatic heterocycles. The van der Waals surface area contributed by atoms with E-state index in [1.165, 1.54) is 35.0 Å². The number of nitrogens with zero attached hydrogens (tertiary/aromatic N) is 3. The van der Waals surface area contributed by atoms with Gasteiger partial charge in [0.2, 0.25) is 5.17 Å². The van der Waals surface area contributed by atoms with Crippen molar-refractivity contribution in [2.45, 2.75) is 6.42 Å². The van der Waals surface area contributed by atoms with Gasteiger partial charge in [-0.05, 0) is 65.7 Å². The van der Waals surface area contributed by atoms with Crippen LogP contribution >= 0.6 is 23.1 Å². The molecule has 0 fully saturated rings. The SMILES string of the molecule is N=C1C(=Cc2ccc(-c3ccc(F)cc3)o2)C(=O)N=C2SC(Cc3cccs3)=NN12. The summed E-state index contributed by atoms with van der Waals surface area (Å²) in [5, 5.41) is 17.4. The highest BCUT2D eigenvalue weighted by molar-refractivity contribution is 8.27. The van der Waals surface area contributed by atoms with Crippen LogP contribution in [0.2, 0.25) is 0 Å². The summed E-state index contributed by atoms with van der Waals surface area (Å²) in [6.07, 6.45) is 2.12. The maximum absolute atomic E-state index is 13.1. The van der Waals surface area contributed by atoms with Crippen molar-refractivity contribution in [1.82, 2.24) is 5.01 Å². The third-order valence-corrected chi connectivity index (χ3v) is 6.23. The van der Waals surface area contributed by atoms with Crippen LogP contribution in [0.4, 0.5) is 4.39 Å². The second-order valence-electron chi connectivity index (χ2n) is 6.48. The number of carbonyl (C=O) groups excluding carboxylic acids is 1. The van der Waals surface area contributed by atoms with Gasteiger partial charge in [-0.15, -0.1) is 11.3 Å². The van der Waals surface area contributed by atoms with E-state index >= 15 is 0 Å². The van der Waals surface area contributed by atoms with Crippen molar-refractivity contribution in [2.24, 2.45) is 10.1 Å². The first kappa shape index (κ1) is 18.7. The number of amidine groups is 2. The fraction of sp³-hybridized carbons (Fsp3) is 0.0476. The number of nitrogens with one attached hydrogen (secondary N) is 1. The molecule has 0 saturated heterocycles. The minimum absolute atomic E-state index is 0.0431. The van der Waals surface area contributed by atoms with Gasteiger partial charge in [-0.3, -0.25) is 10.2 Å². The summed E-state index contributed by atoms with van der Waals surface area (Å²) in [5.41, 5.74) is 0.811. The Morgan fingerprint density at radius 1 is 1.17 bits per heavy atom. The van der Waals surface area contributed by atoms with Gasteiger partial charge in [-0.1, -0.05) is 6.07 Å². The van der Waals surface area contributed by atoms with Crippen molar-refractivity contribution in [3.63, 3.8) is 0 Å². The Morgan fingerprint density at radius 3 is 2.77 bits per heavy atom. The summed E-state index contributed by atoms with van der Waals surface area (Å²) in [6.45, 7) is 0. The number of furan rings is 1. The highest BCUT2D eigenvalue weighted by atomic mass is 32.2. The molecule has 4 heterocycles. The lowest BCUT2D eigenvalue weighted by molar-refractivity contribution is -0.114. The number of hydrogen-bond donors (Lipinski definition) is 1. The molecule has 5 rings (SSSR count). The fourth-order valence-corrected chi connectivity index (χ4v) is 4.72. The highest BCUT2D eigenvalue weighted by Gasteiger charge is 2.35. The smallest absolute Gasteiger partial charge is 0.283 e. The summed E-state index contributed by atoms with van der Waals surface area (Å²) < 4.78 is 18.9. The molecule has 9 heteroatoms. The number of aliphatic imine (C=N–C) groups is 1. The molecule has 148 valence electrons. The third-order valence-electron chi connectivity index (χ3n) is 4.44. The molecule has 1 amide bonds. The van der Waals surface area contributed by atoms with Crippen molar-refractivity contribution >= 4 is 51.1 Å². The number of rotatable bonds is 4. The molecule has 0 spiro atoms. The van der Waals surface area contributed by atoms with E-state index in [0.717, 1.165) is 9.92 Å². The van der Waals surface area contributed by atoms with Crippen molar-refractivity contribution in [3.05, 3.63) is 75.9 Å². The van der Waals surface area contributed by atoms with Crippen LogP contribution in [0.1, 0.15) is 10.6 Å². The number of amides is 1. The van der Waals surface area contributed by atoms with Crippen LogP contribution in [0, 0.1) is 11.2 Å². The van der Waals surface area contributed by atoms with Gasteiger partial charge in [0.15, 0.2) is 5.84 Å². The lowest BCUT2D eigenvalue weighted by Crippen LogP contribution is -2.35. The molecule has 2 aliphatic rings. The Hall–Kier alpha value is -3.30. The molecule has 0 aliphatic carbocycles. The minimum Gasteiger partial charge on any atom is -0.457 e. The van der Waals surface area contributed by atoms with E-state index in [4.69, 9.17) is 9.83 Å². The standard InChI is InChI=1S/C21H13FN4O2S2/c22-13-5-3-12(4-6-13)17-8-7-14(28-17)10-16-19(23)26-21(24-20(16)27)30-18(25-26)11-15-2-1-9-29-15/h1-10,23H,11H2. The lowest BCUT2D eigenvalue weighted by Gasteiger charge is -2.19. The summed E-state index contributed by atoms with van der Waals surface area (Å²) in [5.74, 6) is 0.0547. The average molecular weight is 436 g/mol. The number of fused-ring (bicyclic) bond motifs is 1. The number of halogens is 1. The average Bonchev–Trinajstić information content (AvgIpc) is 3.47. The van der Waals surface area contributed by atoms with Gasteiger partial charge in [-0.25, -0.2) is 4.39 Å². The highest BCUT2D eigenvalue weighted by Crippen LogP contribution is 2.31. The molecule has 1 N–H and O–H groups in total.